The van der Waals surface area contributed by atoms with E-state index in [-0.39, 0.29) is 0 Å². The number of piperazine rings is 1. The summed E-state index contributed by atoms with van der Waals surface area (Å²) in [7, 11) is 2.17. The molecule has 2 heterocycles. The molecule has 2 atom stereocenters. The first-order valence-electron chi connectivity index (χ1n) is 4.87. The van der Waals surface area contributed by atoms with Gasteiger partial charge in [0.15, 0.2) is 0 Å². The number of hydrogen-bond acceptors (Lipinski definition) is 3. The molecule has 0 aromatic carbocycles. The third-order valence-electron chi connectivity index (χ3n) is 2.93. The van der Waals surface area contributed by atoms with Gasteiger partial charge in [0.25, 0.3) is 0 Å². The third kappa shape index (κ3) is 1.37. The van der Waals surface area contributed by atoms with Crippen molar-refractivity contribution in [3.05, 3.63) is 0 Å². The Balaban J connectivity index is 1.93. The Hall–Kier alpha value is -0.120. The lowest BCUT2D eigenvalue weighted by atomic mass is 10.2. The van der Waals surface area contributed by atoms with Gasteiger partial charge in [-0.2, -0.15) is 0 Å². The zero-order valence-electron chi connectivity index (χ0n) is 7.99. The van der Waals surface area contributed by atoms with E-state index in [0.717, 1.165) is 13.2 Å². The molecule has 2 unspecified atom stereocenters. The molecule has 2 fully saturated rings. The third-order valence-corrected chi connectivity index (χ3v) is 2.93. The van der Waals surface area contributed by atoms with E-state index >= 15 is 0 Å². The van der Waals surface area contributed by atoms with Gasteiger partial charge in [0.05, 0.1) is 6.61 Å². The van der Waals surface area contributed by atoms with Crippen LogP contribution in [0, 0.1) is 0 Å². The van der Waals surface area contributed by atoms with Crippen LogP contribution in [0.15, 0.2) is 0 Å². The topological polar surface area (TPSA) is 15.7 Å². The molecule has 2 aliphatic rings. The molecule has 12 heavy (non-hydrogen) atoms. The standard InChI is InChI=1S/C9H18N2O/c1-3-4-11-5-8-7-12-9(6-11)10(8)2/h8-9H,3-7H2,1-2H3. The molecule has 2 aliphatic heterocycles. The van der Waals surface area contributed by atoms with Crippen molar-refractivity contribution in [1.29, 1.82) is 0 Å². The maximum Gasteiger partial charge on any atom is 0.123 e. The van der Waals surface area contributed by atoms with E-state index in [0.29, 0.717) is 12.3 Å². The highest BCUT2D eigenvalue weighted by atomic mass is 16.5. The average molecular weight is 170 g/mol. The first kappa shape index (κ1) is 8.48. The monoisotopic (exact) mass is 170 g/mol. The van der Waals surface area contributed by atoms with Crippen LogP contribution < -0.4 is 0 Å². The molecular weight excluding hydrogens is 152 g/mol. The van der Waals surface area contributed by atoms with Gasteiger partial charge in [0.1, 0.15) is 6.23 Å². The van der Waals surface area contributed by atoms with Crippen molar-refractivity contribution in [3.63, 3.8) is 0 Å². The summed E-state index contributed by atoms with van der Waals surface area (Å²) in [4.78, 5) is 4.88. The predicted molar refractivity (Wildman–Crippen MR) is 48.0 cm³/mol. The summed E-state index contributed by atoms with van der Waals surface area (Å²) in [6, 6.07) is 0.648. The summed E-state index contributed by atoms with van der Waals surface area (Å²) in [5.74, 6) is 0. The average Bonchev–Trinajstić information content (AvgIpc) is 2.33. The van der Waals surface area contributed by atoms with Gasteiger partial charge in [-0.25, -0.2) is 0 Å². The second-order valence-corrected chi connectivity index (χ2v) is 3.87. The maximum atomic E-state index is 5.65. The van der Waals surface area contributed by atoms with Crippen molar-refractivity contribution in [3.8, 4) is 0 Å². The minimum absolute atomic E-state index is 0.371. The second-order valence-electron chi connectivity index (χ2n) is 3.87. The van der Waals surface area contributed by atoms with Crippen LogP contribution in [0.4, 0.5) is 0 Å². The van der Waals surface area contributed by atoms with Gasteiger partial charge in [0, 0.05) is 19.1 Å². The zero-order chi connectivity index (χ0) is 8.55. The van der Waals surface area contributed by atoms with Crippen molar-refractivity contribution in [2.24, 2.45) is 0 Å². The predicted octanol–water partition coefficient (Wildman–Crippen LogP) is 0.369. The fraction of sp³-hybridized carbons (Fsp3) is 1.00. The molecule has 0 spiro atoms. The first-order valence-corrected chi connectivity index (χ1v) is 4.87. The summed E-state index contributed by atoms with van der Waals surface area (Å²) in [5.41, 5.74) is 0. The molecule has 2 saturated heterocycles. The Bertz CT molecular complexity index is 149. The van der Waals surface area contributed by atoms with E-state index in [2.05, 4.69) is 23.8 Å². The minimum Gasteiger partial charge on any atom is -0.360 e. The minimum atomic E-state index is 0.371. The van der Waals surface area contributed by atoms with Crippen molar-refractivity contribution in [2.75, 3.05) is 33.3 Å². The van der Waals surface area contributed by atoms with Gasteiger partial charge < -0.3 is 4.74 Å². The molecule has 0 aromatic rings. The molecule has 2 bridgehead atoms. The fourth-order valence-electron chi connectivity index (χ4n) is 2.15. The van der Waals surface area contributed by atoms with Crippen LogP contribution in [0.5, 0.6) is 0 Å². The van der Waals surface area contributed by atoms with Crippen LogP contribution in [0.2, 0.25) is 0 Å². The molecule has 70 valence electrons. The molecule has 0 aromatic heterocycles. The number of hydrogen-bond donors (Lipinski definition) is 0. The Morgan fingerprint density at radius 1 is 1.42 bits per heavy atom. The van der Waals surface area contributed by atoms with E-state index in [9.17, 15) is 0 Å². The van der Waals surface area contributed by atoms with E-state index in [1.807, 2.05) is 0 Å². The second kappa shape index (κ2) is 3.32. The molecule has 0 radical (unpaired) electrons. The number of ether oxygens (including phenoxy) is 1. The summed E-state index contributed by atoms with van der Waals surface area (Å²) in [6.07, 6.45) is 1.62. The lowest BCUT2D eigenvalue weighted by Gasteiger charge is -2.36. The number of rotatable bonds is 2. The van der Waals surface area contributed by atoms with Gasteiger partial charge in [0.2, 0.25) is 0 Å². The summed E-state index contributed by atoms with van der Waals surface area (Å²) in [5, 5.41) is 0. The van der Waals surface area contributed by atoms with Gasteiger partial charge in [-0.1, -0.05) is 6.92 Å². The summed E-state index contributed by atoms with van der Waals surface area (Å²) in [6.45, 7) is 6.69. The number of nitrogens with zero attached hydrogens (tertiary/aromatic N) is 2. The Morgan fingerprint density at radius 2 is 2.25 bits per heavy atom. The van der Waals surface area contributed by atoms with Crippen molar-refractivity contribution >= 4 is 0 Å². The van der Waals surface area contributed by atoms with Crippen LogP contribution in [0.25, 0.3) is 0 Å². The lowest BCUT2D eigenvalue weighted by molar-refractivity contribution is -0.00627. The summed E-state index contributed by atoms with van der Waals surface area (Å²) < 4.78 is 5.65. The quantitative estimate of drug-likeness (QED) is 0.595. The SMILES string of the molecule is CCCN1CC2COC(C1)N2C. The fourth-order valence-corrected chi connectivity index (χ4v) is 2.15. The smallest absolute Gasteiger partial charge is 0.123 e. The number of fused-ring (bicyclic) bond motifs is 2. The Kier molecular flexibility index (Phi) is 2.35. The Labute approximate surface area is 74.3 Å². The van der Waals surface area contributed by atoms with Crippen LogP contribution in [0.1, 0.15) is 13.3 Å². The normalized spacial score (nSPS) is 37.5. The molecule has 3 heteroatoms. The largest absolute Gasteiger partial charge is 0.360 e. The van der Waals surface area contributed by atoms with E-state index < -0.39 is 0 Å². The molecule has 0 aliphatic carbocycles. The van der Waals surface area contributed by atoms with Crippen LogP contribution in [0.3, 0.4) is 0 Å². The molecule has 2 rings (SSSR count). The van der Waals surface area contributed by atoms with Crippen molar-refractivity contribution in [2.45, 2.75) is 25.6 Å². The van der Waals surface area contributed by atoms with Gasteiger partial charge in [-0.05, 0) is 20.0 Å². The highest BCUT2D eigenvalue weighted by Gasteiger charge is 2.37. The zero-order valence-corrected chi connectivity index (χ0v) is 7.99. The Morgan fingerprint density at radius 3 is 2.92 bits per heavy atom. The number of likely N-dealkylation sites (N-methyl/N-ethyl adjacent to an activating group) is 1. The van der Waals surface area contributed by atoms with Gasteiger partial charge in [-0.3, -0.25) is 9.80 Å². The molecule has 0 N–H and O–H groups in total. The highest BCUT2D eigenvalue weighted by molar-refractivity contribution is 4.87. The van der Waals surface area contributed by atoms with Crippen LogP contribution >= 0.6 is 0 Å². The molecule has 3 nitrogen and oxygen atoms in total. The van der Waals surface area contributed by atoms with Crippen molar-refractivity contribution in [1.82, 2.24) is 9.80 Å². The van der Waals surface area contributed by atoms with Gasteiger partial charge >= 0.3 is 0 Å². The van der Waals surface area contributed by atoms with E-state index in [1.54, 1.807) is 0 Å². The van der Waals surface area contributed by atoms with E-state index in [4.69, 9.17) is 4.74 Å². The lowest BCUT2D eigenvalue weighted by Crippen LogP contribution is -2.52. The molecular formula is C9H18N2O. The van der Waals surface area contributed by atoms with Crippen molar-refractivity contribution < 1.29 is 4.74 Å². The van der Waals surface area contributed by atoms with Crippen LogP contribution in [-0.4, -0.2) is 55.4 Å². The summed E-state index contributed by atoms with van der Waals surface area (Å²) >= 11 is 0. The van der Waals surface area contributed by atoms with Gasteiger partial charge in [-0.15, -0.1) is 0 Å². The highest BCUT2D eigenvalue weighted by Crippen LogP contribution is 2.21. The molecule has 0 amide bonds. The van der Waals surface area contributed by atoms with Crippen LogP contribution in [-0.2, 0) is 4.74 Å². The van der Waals surface area contributed by atoms with E-state index in [1.165, 1.54) is 19.5 Å². The molecule has 0 saturated carbocycles. The first-order chi connectivity index (χ1) is 5.81. The maximum absolute atomic E-state index is 5.65.